The van der Waals surface area contributed by atoms with E-state index in [-0.39, 0.29) is 0 Å². The van der Waals surface area contributed by atoms with Gasteiger partial charge in [-0.25, -0.2) is 18.1 Å². The zero-order valence-electron chi connectivity index (χ0n) is 16.4. The van der Waals surface area contributed by atoms with Crippen molar-refractivity contribution in [2.45, 2.75) is 5.16 Å². The fourth-order valence-electron chi connectivity index (χ4n) is 2.72. The van der Waals surface area contributed by atoms with Crippen LogP contribution in [0, 0.1) is 0 Å². The van der Waals surface area contributed by atoms with Gasteiger partial charge in [0.1, 0.15) is 11.5 Å². The maximum atomic E-state index is 11.2. The number of nitrogens with zero attached hydrogens (tertiary/aromatic N) is 1. The first-order valence-corrected chi connectivity index (χ1v) is 11.7. The van der Waals surface area contributed by atoms with Crippen LogP contribution in [0.15, 0.2) is 53.7 Å². The Morgan fingerprint density at radius 2 is 1.52 bits per heavy atom. The second-order valence-electron chi connectivity index (χ2n) is 6.24. The van der Waals surface area contributed by atoms with Crippen molar-refractivity contribution in [2.75, 3.05) is 32.8 Å². The third kappa shape index (κ3) is 5.75. The molecule has 0 bridgehead atoms. The van der Waals surface area contributed by atoms with E-state index in [2.05, 4.69) is 9.71 Å². The van der Waals surface area contributed by atoms with Crippen molar-refractivity contribution in [3.05, 3.63) is 48.5 Å². The number of imidazole rings is 1. The number of benzene rings is 2. The number of rotatable bonds is 9. The number of thioether (sulfide) groups is 1. The Kier molecular flexibility index (Phi) is 6.83. The normalized spacial score (nSPS) is 11.4. The van der Waals surface area contributed by atoms with E-state index in [0.717, 1.165) is 45.4 Å². The summed E-state index contributed by atoms with van der Waals surface area (Å²) in [6.07, 6.45) is 1.15. The average Bonchev–Trinajstić information content (AvgIpc) is 3.15. The minimum Gasteiger partial charge on any atom is -0.497 e. The summed E-state index contributed by atoms with van der Waals surface area (Å²) in [6.45, 7) is 0.333. The van der Waals surface area contributed by atoms with Crippen LogP contribution in [0.25, 0.3) is 22.5 Å². The van der Waals surface area contributed by atoms with Crippen LogP contribution in [0.1, 0.15) is 0 Å². The second-order valence-corrected chi connectivity index (χ2v) is 9.15. The highest BCUT2D eigenvalue weighted by Gasteiger charge is 2.15. The van der Waals surface area contributed by atoms with Gasteiger partial charge in [-0.05, 0) is 48.5 Å². The molecule has 0 aliphatic rings. The molecule has 2 aromatic carbocycles. The Morgan fingerprint density at radius 3 is 2.03 bits per heavy atom. The van der Waals surface area contributed by atoms with Crippen LogP contribution in [0.3, 0.4) is 0 Å². The Morgan fingerprint density at radius 1 is 0.966 bits per heavy atom. The van der Waals surface area contributed by atoms with Crippen molar-refractivity contribution >= 4 is 21.8 Å². The van der Waals surface area contributed by atoms with Crippen molar-refractivity contribution in [1.82, 2.24) is 14.7 Å². The molecule has 0 atom stereocenters. The fourth-order valence-corrected chi connectivity index (χ4v) is 4.05. The maximum absolute atomic E-state index is 11.2. The number of aromatic amines is 1. The number of hydrogen-bond donors (Lipinski definition) is 2. The third-order valence-electron chi connectivity index (χ3n) is 4.13. The van der Waals surface area contributed by atoms with Crippen molar-refractivity contribution in [1.29, 1.82) is 0 Å². The van der Waals surface area contributed by atoms with Gasteiger partial charge in [0.15, 0.2) is 5.16 Å². The van der Waals surface area contributed by atoms with Gasteiger partial charge in [0.2, 0.25) is 10.0 Å². The van der Waals surface area contributed by atoms with Gasteiger partial charge in [-0.3, -0.25) is 0 Å². The highest BCUT2D eigenvalue weighted by atomic mass is 32.2. The number of methoxy groups -OCH3 is 2. The molecule has 0 saturated carbocycles. The van der Waals surface area contributed by atoms with Gasteiger partial charge < -0.3 is 14.5 Å². The van der Waals surface area contributed by atoms with E-state index in [0.29, 0.717) is 12.3 Å². The summed E-state index contributed by atoms with van der Waals surface area (Å²) < 4.78 is 35.4. The molecule has 7 nitrogen and oxygen atoms in total. The molecule has 2 N–H and O–H groups in total. The van der Waals surface area contributed by atoms with Crippen LogP contribution in [0.4, 0.5) is 0 Å². The van der Waals surface area contributed by atoms with Gasteiger partial charge in [0, 0.05) is 23.4 Å². The van der Waals surface area contributed by atoms with Crippen LogP contribution in [0.2, 0.25) is 0 Å². The number of nitrogens with one attached hydrogen (secondary N) is 2. The van der Waals surface area contributed by atoms with Gasteiger partial charge in [-0.2, -0.15) is 0 Å². The Balaban J connectivity index is 1.89. The maximum Gasteiger partial charge on any atom is 0.208 e. The molecule has 0 radical (unpaired) electrons. The lowest BCUT2D eigenvalue weighted by Gasteiger charge is -2.06. The molecule has 1 aromatic heterocycles. The monoisotopic (exact) mass is 433 g/mol. The van der Waals surface area contributed by atoms with E-state index in [1.807, 2.05) is 48.5 Å². The lowest BCUT2D eigenvalue weighted by molar-refractivity contribution is 0.414. The van der Waals surface area contributed by atoms with E-state index in [1.165, 1.54) is 11.8 Å². The third-order valence-corrected chi connectivity index (χ3v) is 5.73. The molecule has 0 fully saturated rings. The van der Waals surface area contributed by atoms with E-state index < -0.39 is 10.0 Å². The SMILES string of the molecule is COc1ccc(-c2nc(SCCNS(C)(=O)=O)[nH]c2-c2ccc(OC)cc2)cc1. The van der Waals surface area contributed by atoms with Gasteiger partial charge in [-0.1, -0.05) is 11.8 Å². The fraction of sp³-hybridized carbons (Fsp3) is 0.250. The first-order chi connectivity index (χ1) is 13.9. The summed E-state index contributed by atoms with van der Waals surface area (Å²) in [6, 6.07) is 15.4. The predicted octanol–water partition coefficient (Wildman–Crippen LogP) is 3.40. The van der Waals surface area contributed by atoms with Crippen LogP contribution in [0.5, 0.6) is 11.5 Å². The van der Waals surface area contributed by atoms with Gasteiger partial charge in [-0.15, -0.1) is 0 Å². The minimum atomic E-state index is -3.20. The molecule has 154 valence electrons. The highest BCUT2D eigenvalue weighted by molar-refractivity contribution is 7.99. The van der Waals surface area contributed by atoms with E-state index in [4.69, 9.17) is 14.5 Å². The zero-order chi connectivity index (χ0) is 20.9. The summed E-state index contributed by atoms with van der Waals surface area (Å²) in [5.41, 5.74) is 3.63. The summed E-state index contributed by atoms with van der Waals surface area (Å²) in [5.74, 6) is 2.11. The summed E-state index contributed by atoms with van der Waals surface area (Å²) in [4.78, 5) is 8.11. The largest absolute Gasteiger partial charge is 0.497 e. The topological polar surface area (TPSA) is 93.3 Å². The molecular formula is C20H23N3O4S2. The molecule has 9 heteroatoms. The standard InChI is InChI=1S/C20H23N3O4S2/c1-26-16-8-4-14(5-9-16)18-19(15-6-10-17(27-2)11-7-15)23-20(22-18)28-13-12-21-29(3,24)25/h4-11,21H,12-13H2,1-3H3,(H,22,23). The average molecular weight is 434 g/mol. The summed E-state index contributed by atoms with van der Waals surface area (Å²) >= 11 is 1.46. The lowest BCUT2D eigenvalue weighted by atomic mass is 10.0. The Bertz CT molecular complexity index is 981. The minimum absolute atomic E-state index is 0.333. The van der Waals surface area contributed by atoms with Crippen LogP contribution >= 0.6 is 11.8 Å². The van der Waals surface area contributed by atoms with Gasteiger partial charge in [0.25, 0.3) is 0 Å². The quantitative estimate of drug-likeness (QED) is 0.397. The first kappa shape index (κ1) is 21.2. The molecule has 0 aliphatic carbocycles. The molecule has 0 spiro atoms. The second kappa shape index (κ2) is 9.34. The van der Waals surface area contributed by atoms with E-state index in [9.17, 15) is 8.42 Å². The summed E-state index contributed by atoms with van der Waals surface area (Å²) in [7, 11) is 0.0644. The molecule has 0 unspecified atom stereocenters. The molecule has 0 aliphatic heterocycles. The van der Waals surface area contributed by atoms with Crippen LogP contribution in [-0.4, -0.2) is 51.2 Å². The molecule has 1 heterocycles. The van der Waals surface area contributed by atoms with Gasteiger partial charge in [0.05, 0.1) is 31.9 Å². The van der Waals surface area contributed by atoms with Crippen molar-refractivity contribution in [3.63, 3.8) is 0 Å². The number of aromatic nitrogens is 2. The molecule has 0 amide bonds. The first-order valence-electron chi connectivity index (χ1n) is 8.86. The summed E-state index contributed by atoms with van der Waals surface area (Å²) in [5, 5.41) is 0.719. The molecule has 29 heavy (non-hydrogen) atoms. The number of ether oxygens (including phenoxy) is 2. The highest BCUT2D eigenvalue weighted by Crippen LogP contribution is 2.34. The molecule has 3 rings (SSSR count). The van der Waals surface area contributed by atoms with Crippen molar-refractivity contribution < 1.29 is 17.9 Å². The van der Waals surface area contributed by atoms with Gasteiger partial charge >= 0.3 is 0 Å². The molecular weight excluding hydrogens is 410 g/mol. The number of hydrogen-bond acceptors (Lipinski definition) is 6. The number of H-pyrrole nitrogens is 1. The smallest absolute Gasteiger partial charge is 0.208 e. The van der Waals surface area contributed by atoms with E-state index in [1.54, 1.807) is 14.2 Å². The van der Waals surface area contributed by atoms with E-state index >= 15 is 0 Å². The molecule has 0 saturated heterocycles. The number of sulfonamides is 1. The van der Waals surface area contributed by atoms with Crippen LogP contribution < -0.4 is 14.2 Å². The molecule has 3 aromatic rings. The Hall–Kier alpha value is -2.49. The van der Waals surface area contributed by atoms with Crippen molar-refractivity contribution in [2.24, 2.45) is 0 Å². The predicted molar refractivity (Wildman–Crippen MR) is 116 cm³/mol. The van der Waals surface area contributed by atoms with Crippen molar-refractivity contribution in [3.8, 4) is 34.0 Å². The lowest BCUT2D eigenvalue weighted by Crippen LogP contribution is -2.24. The van der Waals surface area contributed by atoms with Crippen LogP contribution in [-0.2, 0) is 10.0 Å². The zero-order valence-corrected chi connectivity index (χ0v) is 18.1. The Labute approximate surface area is 174 Å².